The van der Waals surface area contributed by atoms with E-state index in [9.17, 15) is 4.79 Å². The minimum absolute atomic E-state index is 0.202. The van der Waals surface area contributed by atoms with Gasteiger partial charge in [0, 0.05) is 36.7 Å². The molecule has 1 amide bonds. The zero-order valence-electron chi connectivity index (χ0n) is 14.1. The Balaban J connectivity index is 1.60. The summed E-state index contributed by atoms with van der Waals surface area (Å²) in [7, 11) is 0. The van der Waals surface area contributed by atoms with Crippen LogP contribution < -0.4 is 5.32 Å². The molecular formula is C16H21N7O. The first-order valence-corrected chi connectivity index (χ1v) is 7.89. The Hall–Kier alpha value is -2.90. The van der Waals surface area contributed by atoms with Gasteiger partial charge >= 0.3 is 0 Å². The molecule has 0 fully saturated rings. The summed E-state index contributed by atoms with van der Waals surface area (Å²) in [6.07, 6.45) is 5.45. The molecule has 0 radical (unpaired) electrons. The molecule has 0 aromatic carbocycles. The maximum atomic E-state index is 12.2. The standard InChI is InChI=1S/C16H21N7O/c1-4-21-10-14(9-18-21)8-17-16(24)15-5-6-22(20-15)11-23-13(3)7-12(2)19-23/h5-7,9-10H,4,8,11H2,1-3H3,(H,17,24). The van der Waals surface area contributed by atoms with E-state index in [-0.39, 0.29) is 5.91 Å². The Labute approximate surface area is 140 Å². The van der Waals surface area contributed by atoms with Crippen LogP contribution in [0.3, 0.4) is 0 Å². The average Bonchev–Trinajstić information content (AvgIpc) is 3.26. The van der Waals surface area contributed by atoms with Crippen LogP contribution in [0.4, 0.5) is 0 Å². The highest BCUT2D eigenvalue weighted by Crippen LogP contribution is 2.04. The second-order valence-corrected chi connectivity index (χ2v) is 5.70. The van der Waals surface area contributed by atoms with Gasteiger partial charge in [0.2, 0.25) is 0 Å². The van der Waals surface area contributed by atoms with Crippen molar-refractivity contribution in [3.8, 4) is 0 Å². The number of hydrogen-bond acceptors (Lipinski definition) is 4. The second-order valence-electron chi connectivity index (χ2n) is 5.70. The first-order valence-electron chi connectivity index (χ1n) is 7.89. The van der Waals surface area contributed by atoms with Crippen molar-refractivity contribution in [2.75, 3.05) is 0 Å². The van der Waals surface area contributed by atoms with E-state index in [2.05, 4.69) is 20.6 Å². The van der Waals surface area contributed by atoms with Gasteiger partial charge in [0.15, 0.2) is 0 Å². The predicted molar refractivity (Wildman–Crippen MR) is 88.4 cm³/mol. The van der Waals surface area contributed by atoms with Gasteiger partial charge in [-0.25, -0.2) is 4.68 Å². The summed E-state index contributed by atoms with van der Waals surface area (Å²) in [6.45, 7) is 7.69. The molecular weight excluding hydrogens is 306 g/mol. The van der Waals surface area contributed by atoms with Crippen LogP contribution in [0.1, 0.15) is 34.4 Å². The van der Waals surface area contributed by atoms with Crippen LogP contribution in [-0.4, -0.2) is 35.2 Å². The van der Waals surface area contributed by atoms with Gasteiger partial charge in [0.1, 0.15) is 12.4 Å². The smallest absolute Gasteiger partial charge is 0.272 e. The highest BCUT2D eigenvalue weighted by molar-refractivity contribution is 5.92. The molecule has 8 nitrogen and oxygen atoms in total. The van der Waals surface area contributed by atoms with Gasteiger partial charge in [0.25, 0.3) is 5.91 Å². The minimum atomic E-state index is -0.202. The number of aromatic nitrogens is 6. The Kier molecular flexibility index (Phi) is 4.45. The molecule has 3 rings (SSSR count). The maximum Gasteiger partial charge on any atom is 0.272 e. The normalized spacial score (nSPS) is 11.0. The molecule has 0 saturated carbocycles. The number of aryl methyl sites for hydroxylation is 3. The number of nitrogens with one attached hydrogen (secondary N) is 1. The van der Waals surface area contributed by atoms with Gasteiger partial charge < -0.3 is 5.32 Å². The fourth-order valence-electron chi connectivity index (χ4n) is 2.46. The lowest BCUT2D eigenvalue weighted by atomic mass is 10.3. The summed E-state index contributed by atoms with van der Waals surface area (Å²) in [5.74, 6) is -0.202. The lowest BCUT2D eigenvalue weighted by Crippen LogP contribution is -2.23. The molecule has 0 aliphatic rings. The van der Waals surface area contributed by atoms with Crippen molar-refractivity contribution >= 4 is 5.91 Å². The van der Waals surface area contributed by atoms with Gasteiger partial charge in [-0.3, -0.25) is 14.2 Å². The van der Waals surface area contributed by atoms with Crippen molar-refractivity contribution in [1.29, 1.82) is 0 Å². The molecule has 8 heteroatoms. The maximum absolute atomic E-state index is 12.2. The fourth-order valence-corrected chi connectivity index (χ4v) is 2.46. The molecule has 0 atom stereocenters. The topological polar surface area (TPSA) is 82.6 Å². The summed E-state index contributed by atoms with van der Waals surface area (Å²) < 4.78 is 5.37. The Morgan fingerprint density at radius 3 is 2.75 bits per heavy atom. The first kappa shape index (κ1) is 16.0. The number of amides is 1. The SMILES string of the molecule is CCn1cc(CNC(=O)c2ccn(Cn3nc(C)cc3C)n2)cn1. The van der Waals surface area contributed by atoms with E-state index in [4.69, 9.17) is 0 Å². The summed E-state index contributed by atoms with van der Waals surface area (Å²) >= 11 is 0. The average molecular weight is 327 g/mol. The van der Waals surface area contributed by atoms with Crippen LogP contribution in [0.5, 0.6) is 0 Å². The third-order valence-corrected chi connectivity index (χ3v) is 3.72. The van der Waals surface area contributed by atoms with Crippen LogP contribution in [0, 0.1) is 13.8 Å². The molecule has 126 valence electrons. The third-order valence-electron chi connectivity index (χ3n) is 3.72. The van der Waals surface area contributed by atoms with Gasteiger partial charge in [-0.2, -0.15) is 15.3 Å². The summed E-state index contributed by atoms with van der Waals surface area (Å²) in [5, 5.41) is 15.7. The molecule has 3 aromatic heterocycles. The van der Waals surface area contributed by atoms with E-state index in [1.165, 1.54) is 0 Å². The Morgan fingerprint density at radius 2 is 2.08 bits per heavy atom. The molecule has 0 unspecified atom stereocenters. The Bertz CT molecular complexity index is 842. The molecule has 24 heavy (non-hydrogen) atoms. The lowest BCUT2D eigenvalue weighted by molar-refractivity contribution is 0.0945. The lowest BCUT2D eigenvalue weighted by Gasteiger charge is -2.04. The summed E-state index contributed by atoms with van der Waals surface area (Å²) in [5.41, 5.74) is 3.37. The van der Waals surface area contributed by atoms with Crippen molar-refractivity contribution in [2.24, 2.45) is 0 Å². The zero-order chi connectivity index (χ0) is 17.1. The summed E-state index contributed by atoms with van der Waals surface area (Å²) in [4.78, 5) is 12.2. The van der Waals surface area contributed by atoms with Crippen LogP contribution in [0.15, 0.2) is 30.7 Å². The van der Waals surface area contributed by atoms with E-state index in [0.717, 1.165) is 23.5 Å². The molecule has 3 heterocycles. The largest absolute Gasteiger partial charge is 0.346 e. The number of nitrogens with zero attached hydrogens (tertiary/aromatic N) is 6. The van der Waals surface area contributed by atoms with E-state index in [1.54, 1.807) is 23.1 Å². The minimum Gasteiger partial charge on any atom is -0.346 e. The van der Waals surface area contributed by atoms with E-state index < -0.39 is 0 Å². The van der Waals surface area contributed by atoms with Crippen LogP contribution >= 0.6 is 0 Å². The quantitative estimate of drug-likeness (QED) is 0.741. The first-order chi connectivity index (χ1) is 11.5. The van der Waals surface area contributed by atoms with E-state index >= 15 is 0 Å². The molecule has 3 aromatic rings. The van der Waals surface area contributed by atoms with Crippen molar-refractivity contribution < 1.29 is 4.79 Å². The zero-order valence-corrected chi connectivity index (χ0v) is 14.1. The second kappa shape index (κ2) is 6.69. The number of rotatable bonds is 6. The highest BCUT2D eigenvalue weighted by atomic mass is 16.1. The van der Waals surface area contributed by atoms with Crippen molar-refractivity contribution in [3.63, 3.8) is 0 Å². The van der Waals surface area contributed by atoms with Crippen LogP contribution in [-0.2, 0) is 19.8 Å². The molecule has 0 spiro atoms. The molecule has 1 N–H and O–H groups in total. The van der Waals surface area contributed by atoms with Gasteiger partial charge in [0.05, 0.1) is 11.9 Å². The van der Waals surface area contributed by atoms with Gasteiger partial charge in [-0.05, 0) is 32.9 Å². The van der Waals surface area contributed by atoms with Crippen LogP contribution in [0.25, 0.3) is 0 Å². The summed E-state index contributed by atoms with van der Waals surface area (Å²) in [6, 6.07) is 3.71. The molecule has 0 bridgehead atoms. The number of carbonyl (C=O) groups is 1. The molecule has 0 aliphatic heterocycles. The molecule has 0 saturated heterocycles. The van der Waals surface area contributed by atoms with Crippen molar-refractivity contribution in [3.05, 3.63) is 53.4 Å². The highest BCUT2D eigenvalue weighted by Gasteiger charge is 2.10. The van der Waals surface area contributed by atoms with Gasteiger partial charge in [-0.1, -0.05) is 0 Å². The van der Waals surface area contributed by atoms with Crippen molar-refractivity contribution in [2.45, 2.75) is 40.5 Å². The van der Waals surface area contributed by atoms with Crippen molar-refractivity contribution in [1.82, 2.24) is 34.7 Å². The van der Waals surface area contributed by atoms with E-state index in [0.29, 0.717) is 18.9 Å². The van der Waals surface area contributed by atoms with Gasteiger partial charge in [-0.15, -0.1) is 0 Å². The monoisotopic (exact) mass is 327 g/mol. The third kappa shape index (κ3) is 3.53. The number of hydrogen-bond donors (Lipinski definition) is 1. The fraction of sp³-hybridized carbons (Fsp3) is 0.375. The number of carbonyl (C=O) groups excluding carboxylic acids is 1. The Morgan fingerprint density at radius 1 is 1.25 bits per heavy atom. The predicted octanol–water partition coefficient (Wildman–Crippen LogP) is 1.35. The molecule has 0 aliphatic carbocycles. The van der Waals surface area contributed by atoms with E-state index in [1.807, 2.05) is 42.4 Å². The van der Waals surface area contributed by atoms with Crippen LogP contribution in [0.2, 0.25) is 0 Å².